The molecule has 1 aromatic carbocycles. The summed E-state index contributed by atoms with van der Waals surface area (Å²) in [5.74, 6) is 0. The number of nitrogens with two attached hydrogens (primary N) is 1. The summed E-state index contributed by atoms with van der Waals surface area (Å²) >= 11 is 1.66. The molecule has 90 valence electrons. The molecule has 3 nitrogen and oxygen atoms in total. The van der Waals surface area contributed by atoms with Crippen LogP contribution in [0.15, 0.2) is 29.6 Å². The Morgan fingerprint density at radius 3 is 2.53 bits per heavy atom. The Hall–Kier alpha value is -1.39. The quantitative estimate of drug-likeness (QED) is 0.854. The minimum absolute atomic E-state index is 0.597. The second-order valence-corrected chi connectivity index (χ2v) is 4.73. The van der Waals surface area contributed by atoms with E-state index in [1.807, 2.05) is 0 Å². The van der Waals surface area contributed by atoms with Crippen molar-refractivity contribution in [1.29, 1.82) is 0 Å². The van der Waals surface area contributed by atoms with Gasteiger partial charge >= 0.3 is 0 Å². The first-order valence-electron chi connectivity index (χ1n) is 5.78. The number of nitrogens with one attached hydrogen (secondary N) is 1. The fourth-order valence-corrected chi connectivity index (χ4v) is 2.31. The molecule has 0 unspecified atom stereocenters. The van der Waals surface area contributed by atoms with Gasteiger partial charge in [-0.15, -0.1) is 11.3 Å². The lowest BCUT2D eigenvalue weighted by Gasteiger charge is -2.03. The molecule has 17 heavy (non-hydrogen) atoms. The number of thiazole rings is 1. The zero-order valence-electron chi connectivity index (χ0n) is 9.94. The van der Waals surface area contributed by atoms with Gasteiger partial charge in [0, 0.05) is 18.5 Å². The molecule has 4 heteroatoms. The normalized spacial score (nSPS) is 10.5. The van der Waals surface area contributed by atoms with Crippen molar-refractivity contribution in [2.75, 3.05) is 5.32 Å². The summed E-state index contributed by atoms with van der Waals surface area (Å²) in [6, 6.07) is 8.33. The standard InChI is InChI=1S/C13H17N3S/c1-2-12-9-17-13(16-12)15-8-11-5-3-10(7-14)4-6-11/h3-6,9H,2,7-8,14H2,1H3,(H,15,16). The van der Waals surface area contributed by atoms with Gasteiger partial charge in [0.2, 0.25) is 0 Å². The Balaban J connectivity index is 1.92. The van der Waals surface area contributed by atoms with Crippen LogP contribution in [0, 0.1) is 0 Å². The largest absolute Gasteiger partial charge is 0.357 e. The number of rotatable bonds is 5. The summed E-state index contributed by atoms with van der Waals surface area (Å²) in [6.45, 7) is 3.52. The molecule has 1 heterocycles. The second-order valence-electron chi connectivity index (χ2n) is 3.87. The van der Waals surface area contributed by atoms with Gasteiger partial charge in [0.05, 0.1) is 5.69 Å². The Bertz CT molecular complexity index is 462. The fourth-order valence-electron chi connectivity index (χ4n) is 1.52. The zero-order chi connectivity index (χ0) is 12.1. The molecular formula is C13H17N3S. The highest BCUT2D eigenvalue weighted by molar-refractivity contribution is 7.13. The molecule has 0 spiro atoms. The zero-order valence-corrected chi connectivity index (χ0v) is 10.8. The molecule has 0 bridgehead atoms. The van der Waals surface area contributed by atoms with Crippen molar-refractivity contribution in [3.8, 4) is 0 Å². The molecule has 1 aromatic heterocycles. The van der Waals surface area contributed by atoms with Crippen LogP contribution in [0.2, 0.25) is 0 Å². The smallest absolute Gasteiger partial charge is 0.183 e. The van der Waals surface area contributed by atoms with Gasteiger partial charge in [-0.1, -0.05) is 31.2 Å². The summed E-state index contributed by atoms with van der Waals surface area (Å²) in [7, 11) is 0. The molecule has 2 aromatic rings. The average molecular weight is 247 g/mol. The van der Waals surface area contributed by atoms with Crippen LogP contribution in [0.5, 0.6) is 0 Å². The Morgan fingerprint density at radius 1 is 1.24 bits per heavy atom. The molecule has 2 rings (SSSR count). The van der Waals surface area contributed by atoms with Crippen molar-refractivity contribution in [2.45, 2.75) is 26.4 Å². The van der Waals surface area contributed by atoms with Gasteiger partial charge in [0.15, 0.2) is 5.13 Å². The lowest BCUT2D eigenvalue weighted by Crippen LogP contribution is -2.00. The van der Waals surface area contributed by atoms with Gasteiger partial charge in [0.1, 0.15) is 0 Å². The predicted molar refractivity (Wildman–Crippen MR) is 73.2 cm³/mol. The monoisotopic (exact) mass is 247 g/mol. The molecule has 0 aliphatic carbocycles. The Morgan fingerprint density at radius 2 is 1.94 bits per heavy atom. The number of aryl methyl sites for hydroxylation is 1. The van der Waals surface area contributed by atoms with Crippen molar-refractivity contribution in [3.05, 3.63) is 46.5 Å². The molecule has 0 amide bonds. The van der Waals surface area contributed by atoms with Gasteiger partial charge in [-0.3, -0.25) is 0 Å². The molecule has 0 aliphatic heterocycles. The maximum Gasteiger partial charge on any atom is 0.183 e. The first kappa shape index (κ1) is 12.1. The van der Waals surface area contributed by atoms with Gasteiger partial charge in [0.25, 0.3) is 0 Å². The van der Waals surface area contributed by atoms with Crippen molar-refractivity contribution < 1.29 is 0 Å². The van der Waals surface area contributed by atoms with E-state index >= 15 is 0 Å². The van der Waals surface area contributed by atoms with Crippen molar-refractivity contribution in [1.82, 2.24) is 4.98 Å². The Labute approximate surface area is 106 Å². The van der Waals surface area contributed by atoms with Crippen LogP contribution < -0.4 is 11.1 Å². The number of aromatic nitrogens is 1. The fraction of sp³-hybridized carbons (Fsp3) is 0.308. The van der Waals surface area contributed by atoms with Crippen LogP contribution >= 0.6 is 11.3 Å². The summed E-state index contributed by atoms with van der Waals surface area (Å²) in [6.07, 6.45) is 0.989. The maximum absolute atomic E-state index is 5.56. The predicted octanol–water partition coefficient (Wildman–Crippen LogP) is 2.78. The van der Waals surface area contributed by atoms with E-state index in [9.17, 15) is 0 Å². The Kier molecular flexibility index (Phi) is 4.12. The van der Waals surface area contributed by atoms with Crippen molar-refractivity contribution in [2.24, 2.45) is 5.73 Å². The van der Waals surface area contributed by atoms with Gasteiger partial charge in [-0.2, -0.15) is 0 Å². The summed E-state index contributed by atoms with van der Waals surface area (Å²) in [4.78, 5) is 4.46. The SMILES string of the molecule is CCc1csc(NCc2ccc(CN)cc2)n1. The van der Waals surface area contributed by atoms with Crippen LogP contribution in [0.3, 0.4) is 0 Å². The van der Waals surface area contributed by atoms with Crippen molar-refractivity contribution >= 4 is 16.5 Å². The number of nitrogens with zero attached hydrogens (tertiary/aromatic N) is 1. The highest BCUT2D eigenvalue weighted by atomic mass is 32.1. The highest BCUT2D eigenvalue weighted by Gasteiger charge is 1.99. The first-order valence-corrected chi connectivity index (χ1v) is 6.66. The van der Waals surface area contributed by atoms with E-state index in [4.69, 9.17) is 5.73 Å². The van der Waals surface area contributed by atoms with E-state index < -0.39 is 0 Å². The average Bonchev–Trinajstić information content (AvgIpc) is 2.85. The third kappa shape index (κ3) is 3.28. The van der Waals surface area contributed by atoms with Crippen molar-refractivity contribution in [3.63, 3.8) is 0 Å². The molecule has 0 aliphatic rings. The third-order valence-electron chi connectivity index (χ3n) is 2.62. The van der Waals surface area contributed by atoms with Crippen LogP contribution in [-0.2, 0) is 19.5 Å². The number of hydrogen-bond acceptors (Lipinski definition) is 4. The van der Waals surface area contributed by atoms with Crippen LogP contribution in [0.4, 0.5) is 5.13 Å². The summed E-state index contributed by atoms with van der Waals surface area (Å²) in [5, 5.41) is 6.42. The van der Waals surface area contributed by atoms with Gasteiger partial charge in [-0.25, -0.2) is 4.98 Å². The first-order chi connectivity index (χ1) is 8.31. The topological polar surface area (TPSA) is 50.9 Å². The molecule has 0 saturated carbocycles. The lowest BCUT2D eigenvalue weighted by molar-refractivity contribution is 1.04. The van der Waals surface area contributed by atoms with Crippen LogP contribution in [-0.4, -0.2) is 4.98 Å². The van der Waals surface area contributed by atoms with E-state index in [1.165, 1.54) is 5.56 Å². The van der Waals surface area contributed by atoms with Gasteiger partial charge < -0.3 is 11.1 Å². The second kappa shape index (κ2) is 5.80. The van der Waals surface area contributed by atoms with E-state index in [1.54, 1.807) is 11.3 Å². The van der Waals surface area contributed by atoms with E-state index in [0.29, 0.717) is 6.54 Å². The lowest BCUT2D eigenvalue weighted by atomic mass is 10.1. The summed E-state index contributed by atoms with van der Waals surface area (Å²) < 4.78 is 0. The van der Waals surface area contributed by atoms with Crippen LogP contribution in [0.25, 0.3) is 0 Å². The van der Waals surface area contributed by atoms with Crippen LogP contribution in [0.1, 0.15) is 23.7 Å². The van der Waals surface area contributed by atoms with E-state index in [0.717, 1.165) is 29.4 Å². The molecule has 0 atom stereocenters. The number of benzene rings is 1. The van der Waals surface area contributed by atoms with E-state index in [-0.39, 0.29) is 0 Å². The maximum atomic E-state index is 5.56. The van der Waals surface area contributed by atoms with E-state index in [2.05, 4.69) is 46.9 Å². The minimum Gasteiger partial charge on any atom is -0.357 e. The number of anilines is 1. The molecule has 3 N–H and O–H groups in total. The molecule has 0 saturated heterocycles. The van der Waals surface area contributed by atoms with Gasteiger partial charge in [-0.05, 0) is 17.5 Å². The molecule has 0 fully saturated rings. The summed E-state index contributed by atoms with van der Waals surface area (Å²) in [5.41, 5.74) is 9.12. The third-order valence-corrected chi connectivity index (χ3v) is 3.47. The minimum atomic E-state index is 0.597. The molecular weight excluding hydrogens is 230 g/mol. The highest BCUT2D eigenvalue weighted by Crippen LogP contribution is 2.16. The molecule has 0 radical (unpaired) electrons. The number of hydrogen-bond donors (Lipinski definition) is 2.